The molecular weight excluding hydrogens is 202 g/mol. The first-order valence-corrected chi connectivity index (χ1v) is 5.34. The lowest BCUT2D eigenvalue weighted by Crippen LogP contribution is -2.07. The highest BCUT2D eigenvalue weighted by molar-refractivity contribution is 5.90. The fourth-order valence-corrected chi connectivity index (χ4v) is 1.59. The van der Waals surface area contributed by atoms with E-state index in [1.165, 1.54) is 0 Å². The number of nitrogens with zero attached hydrogens (tertiary/aromatic N) is 1. The number of nitriles is 1. The van der Waals surface area contributed by atoms with E-state index in [0.717, 1.165) is 17.5 Å². The normalized spacial score (nSPS) is 9.62. The van der Waals surface area contributed by atoms with Gasteiger partial charge in [-0.1, -0.05) is 6.92 Å². The fraction of sp³-hybridized carbons (Fsp3) is 0.385. The van der Waals surface area contributed by atoms with Gasteiger partial charge >= 0.3 is 5.97 Å². The fourth-order valence-electron chi connectivity index (χ4n) is 1.59. The molecule has 0 radical (unpaired) electrons. The summed E-state index contributed by atoms with van der Waals surface area (Å²) in [5.74, 6) is -0.367. The van der Waals surface area contributed by atoms with E-state index in [4.69, 9.17) is 10.00 Å². The zero-order valence-corrected chi connectivity index (χ0v) is 9.83. The molecule has 1 rings (SSSR count). The standard InChI is InChI=1S/C13H15NO2/c1-4-10-6-11(13(15)16-5-2)7-12(8-14)9(10)3/h6-7H,4-5H2,1-3H3. The van der Waals surface area contributed by atoms with Gasteiger partial charge in [0, 0.05) is 0 Å². The van der Waals surface area contributed by atoms with Crippen LogP contribution in [0.4, 0.5) is 0 Å². The third kappa shape index (κ3) is 2.40. The molecular formula is C13H15NO2. The molecule has 0 aliphatic rings. The van der Waals surface area contributed by atoms with Crippen LogP contribution in [0.1, 0.15) is 40.9 Å². The monoisotopic (exact) mass is 217 g/mol. The minimum Gasteiger partial charge on any atom is -0.462 e. The van der Waals surface area contributed by atoms with Crippen LogP contribution in [0, 0.1) is 18.3 Å². The molecule has 16 heavy (non-hydrogen) atoms. The summed E-state index contributed by atoms with van der Waals surface area (Å²) in [6, 6.07) is 5.49. The van der Waals surface area contributed by atoms with E-state index in [0.29, 0.717) is 17.7 Å². The number of rotatable bonds is 3. The molecule has 1 aromatic rings. The second-order valence-corrected chi connectivity index (χ2v) is 3.49. The molecule has 0 aromatic heterocycles. The molecule has 0 bridgehead atoms. The van der Waals surface area contributed by atoms with Gasteiger partial charge in [0.25, 0.3) is 0 Å². The molecule has 0 fully saturated rings. The quantitative estimate of drug-likeness (QED) is 0.731. The van der Waals surface area contributed by atoms with Gasteiger partial charge < -0.3 is 4.74 Å². The van der Waals surface area contributed by atoms with Crippen LogP contribution in [0.3, 0.4) is 0 Å². The number of benzene rings is 1. The summed E-state index contributed by atoms with van der Waals surface area (Å²) in [4.78, 5) is 11.6. The first-order chi connectivity index (χ1) is 7.63. The van der Waals surface area contributed by atoms with Crippen molar-refractivity contribution in [2.24, 2.45) is 0 Å². The predicted octanol–water partition coefficient (Wildman–Crippen LogP) is 2.61. The second kappa shape index (κ2) is 5.32. The number of aryl methyl sites for hydroxylation is 1. The molecule has 0 heterocycles. The minimum absolute atomic E-state index is 0.343. The summed E-state index contributed by atoms with van der Waals surface area (Å²) >= 11 is 0. The number of ether oxygens (including phenoxy) is 1. The molecule has 0 unspecified atom stereocenters. The van der Waals surface area contributed by atoms with E-state index < -0.39 is 0 Å². The van der Waals surface area contributed by atoms with Crippen molar-refractivity contribution in [3.05, 3.63) is 34.4 Å². The number of hydrogen-bond acceptors (Lipinski definition) is 3. The van der Waals surface area contributed by atoms with Gasteiger partial charge in [0.15, 0.2) is 0 Å². The van der Waals surface area contributed by atoms with Crippen molar-refractivity contribution in [2.45, 2.75) is 27.2 Å². The van der Waals surface area contributed by atoms with Crippen LogP contribution in [0.2, 0.25) is 0 Å². The van der Waals surface area contributed by atoms with E-state index in [1.807, 2.05) is 13.8 Å². The third-order valence-corrected chi connectivity index (χ3v) is 2.53. The Hall–Kier alpha value is -1.82. The summed E-state index contributed by atoms with van der Waals surface area (Å²) in [5.41, 5.74) is 2.96. The van der Waals surface area contributed by atoms with Gasteiger partial charge in [-0.2, -0.15) is 5.26 Å². The van der Waals surface area contributed by atoms with Gasteiger partial charge in [0.05, 0.1) is 23.8 Å². The Morgan fingerprint density at radius 2 is 2.12 bits per heavy atom. The SMILES string of the molecule is CCOC(=O)c1cc(C#N)c(C)c(CC)c1. The smallest absolute Gasteiger partial charge is 0.338 e. The number of carbonyl (C=O) groups excluding carboxylic acids is 1. The van der Waals surface area contributed by atoms with Crippen LogP contribution in [-0.2, 0) is 11.2 Å². The average Bonchev–Trinajstić information content (AvgIpc) is 2.29. The van der Waals surface area contributed by atoms with Gasteiger partial charge in [-0.25, -0.2) is 4.79 Å². The van der Waals surface area contributed by atoms with Crippen LogP contribution in [-0.4, -0.2) is 12.6 Å². The van der Waals surface area contributed by atoms with Gasteiger partial charge in [-0.15, -0.1) is 0 Å². The molecule has 0 N–H and O–H groups in total. The Balaban J connectivity index is 3.23. The molecule has 1 aromatic carbocycles. The van der Waals surface area contributed by atoms with E-state index in [2.05, 4.69) is 6.07 Å². The zero-order chi connectivity index (χ0) is 12.1. The average molecular weight is 217 g/mol. The van der Waals surface area contributed by atoms with Crippen molar-refractivity contribution >= 4 is 5.97 Å². The molecule has 0 atom stereocenters. The number of hydrogen-bond donors (Lipinski definition) is 0. The highest BCUT2D eigenvalue weighted by Gasteiger charge is 2.12. The van der Waals surface area contributed by atoms with Crippen LogP contribution < -0.4 is 0 Å². The van der Waals surface area contributed by atoms with Gasteiger partial charge in [-0.3, -0.25) is 0 Å². The third-order valence-electron chi connectivity index (χ3n) is 2.53. The first-order valence-electron chi connectivity index (χ1n) is 5.34. The maximum absolute atomic E-state index is 11.6. The highest BCUT2D eigenvalue weighted by Crippen LogP contribution is 2.17. The Kier molecular flexibility index (Phi) is 4.07. The predicted molar refractivity (Wildman–Crippen MR) is 61.2 cm³/mol. The molecule has 3 nitrogen and oxygen atoms in total. The molecule has 0 aliphatic carbocycles. The maximum Gasteiger partial charge on any atom is 0.338 e. The van der Waals surface area contributed by atoms with E-state index in [1.54, 1.807) is 19.1 Å². The molecule has 0 spiro atoms. The van der Waals surface area contributed by atoms with Crippen LogP contribution in [0.5, 0.6) is 0 Å². The Morgan fingerprint density at radius 3 is 2.62 bits per heavy atom. The molecule has 0 aliphatic heterocycles. The van der Waals surface area contributed by atoms with Crippen molar-refractivity contribution in [2.75, 3.05) is 6.61 Å². The summed E-state index contributed by atoms with van der Waals surface area (Å²) in [6.07, 6.45) is 0.799. The lowest BCUT2D eigenvalue weighted by Gasteiger charge is -2.08. The first kappa shape index (κ1) is 12.3. The van der Waals surface area contributed by atoms with Crippen molar-refractivity contribution in [3.8, 4) is 6.07 Å². The zero-order valence-electron chi connectivity index (χ0n) is 9.83. The largest absolute Gasteiger partial charge is 0.462 e. The Labute approximate surface area is 95.7 Å². The lowest BCUT2D eigenvalue weighted by atomic mass is 9.98. The van der Waals surface area contributed by atoms with Crippen molar-refractivity contribution in [3.63, 3.8) is 0 Å². The van der Waals surface area contributed by atoms with Gasteiger partial charge in [-0.05, 0) is 43.5 Å². The number of carbonyl (C=O) groups is 1. The molecule has 0 amide bonds. The number of esters is 1. The summed E-state index contributed by atoms with van der Waals surface area (Å²) in [7, 11) is 0. The minimum atomic E-state index is -0.367. The van der Waals surface area contributed by atoms with Crippen LogP contribution in [0.15, 0.2) is 12.1 Å². The highest BCUT2D eigenvalue weighted by atomic mass is 16.5. The van der Waals surface area contributed by atoms with E-state index in [-0.39, 0.29) is 5.97 Å². The molecule has 3 heteroatoms. The maximum atomic E-state index is 11.6. The topological polar surface area (TPSA) is 50.1 Å². The van der Waals surface area contributed by atoms with E-state index in [9.17, 15) is 4.79 Å². The lowest BCUT2D eigenvalue weighted by molar-refractivity contribution is 0.0526. The van der Waals surface area contributed by atoms with Crippen LogP contribution in [0.25, 0.3) is 0 Å². The van der Waals surface area contributed by atoms with Crippen molar-refractivity contribution in [1.29, 1.82) is 5.26 Å². The molecule has 0 saturated carbocycles. The summed E-state index contributed by atoms with van der Waals surface area (Å²) in [6.45, 7) is 6.00. The summed E-state index contributed by atoms with van der Waals surface area (Å²) < 4.78 is 4.92. The molecule has 0 saturated heterocycles. The molecule has 84 valence electrons. The van der Waals surface area contributed by atoms with Crippen molar-refractivity contribution in [1.82, 2.24) is 0 Å². The van der Waals surface area contributed by atoms with Gasteiger partial charge in [0.1, 0.15) is 0 Å². The van der Waals surface area contributed by atoms with E-state index >= 15 is 0 Å². The van der Waals surface area contributed by atoms with Crippen LogP contribution >= 0.6 is 0 Å². The van der Waals surface area contributed by atoms with Crippen molar-refractivity contribution < 1.29 is 9.53 Å². The Morgan fingerprint density at radius 1 is 1.44 bits per heavy atom. The summed E-state index contributed by atoms with van der Waals surface area (Å²) in [5, 5.41) is 8.97. The Bertz CT molecular complexity index is 444. The second-order valence-electron chi connectivity index (χ2n) is 3.49. The van der Waals surface area contributed by atoms with Gasteiger partial charge in [0.2, 0.25) is 0 Å².